The maximum Gasteiger partial charge on any atom is 0.138 e. The van der Waals surface area contributed by atoms with Gasteiger partial charge in [-0.1, -0.05) is 6.92 Å². The summed E-state index contributed by atoms with van der Waals surface area (Å²) in [5, 5.41) is 0. The first-order chi connectivity index (χ1) is 7.18. The Hall–Kier alpha value is -0.410. The SMILES string of the molecule is CC1C(=O)CCN(CC2CCOC2)C1C. The van der Waals surface area contributed by atoms with Gasteiger partial charge in [0.05, 0.1) is 6.61 Å². The quantitative estimate of drug-likeness (QED) is 0.690. The Morgan fingerprint density at radius 3 is 2.93 bits per heavy atom. The number of rotatable bonds is 2. The molecular formula is C12H21NO2. The van der Waals surface area contributed by atoms with E-state index in [2.05, 4.69) is 18.7 Å². The molecule has 2 fully saturated rings. The van der Waals surface area contributed by atoms with Crippen LogP contribution in [0, 0.1) is 11.8 Å². The first-order valence-corrected chi connectivity index (χ1v) is 6.03. The fourth-order valence-electron chi connectivity index (χ4n) is 2.59. The zero-order valence-electron chi connectivity index (χ0n) is 9.74. The normalized spacial score (nSPS) is 38.5. The lowest BCUT2D eigenvalue weighted by molar-refractivity contribution is -0.128. The number of hydrogen-bond donors (Lipinski definition) is 0. The molecule has 0 spiro atoms. The number of piperidine rings is 1. The summed E-state index contributed by atoms with van der Waals surface area (Å²) in [6.07, 6.45) is 1.92. The van der Waals surface area contributed by atoms with Crippen molar-refractivity contribution in [2.75, 3.05) is 26.3 Å². The van der Waals surface area contributed by atoms with Crippen LogP contribution in [0.2, 0.25) is 0 Å². The summed E-state index contributed by atoms with van der Waals surface area (Å²) in [4.78, 5) is 14.0. The summed E-state index contributed by atoms with van der Waals surface area (Å²) in [6.45, 7) is 8.12. The van der Waals surface area contributed by atoms with Crippen molar-refractivity contribution in [3.05, 3.63) is 0 Å². The van der Waals surface area contributed by atoms with Crippen molar-refractivity contribution in [3.63, 3.8) is 0 Å². The first kappa shape index (κ1) is 11.1. The molecule has 2 saturated heterocycles. The molecule has 0 aromatic carbocycles. The largest absolute Gasteiger partial charge is 0.381 e. The van der Waals surface area contributed by atoms with Crippen molar-refractivity contribution >= 4 is 5.78 Å². The molecule has 2 heterocycles. The predicted octanol–water partition coefficient (Wildman–Crippen LogP) is 1.32. The van der Waals surface area contributed by atoms with E-state index in [-0.39, 0.29) is 5.92 Å². The number of carbonyl (C=O) groups is 1. The molecule has 86 valence electrons. The number of likely N-dealkylation sites (tertiary alicyclic amines) is 1. The molecule has 0 radical (unpaired) electrons. The smallest absolute Gasteiger partial charge is 0.138 e. The zero-order valence-corrected chi connectivity index (χ0v) is 9.74. The van der Waals surface area contributed by atoms with Crippen LogP contribution in [0.1, 0.15) is 26.7 Å². The number of ether oxygens (including phenoxy) is 1. The van der Waals surface area contributed by atoms with Crippen molar-refractivity contribution < 1.29 is 9.53 Å². The number of carbonyl (C=O) groups excluding carboxylic acids is 1. The Morgan fingerprint density at radius 1 is 1.47 bits per heavy atom. The van der Waals surface area contributed by atoms with E-state index in [0.717, 1.165) is 32.7 Å². The number of hydrogen-bond acceptors (Lipinski definition) is 3. The van der Waals surface area contributed by atoms with E-state index < -0.39 is 0 Å². The standard InChI is InChI=1S/C12H21NO2/c1-9-10(2)13(5-3-12(9)14)7-11-4-6-15-8-11/h9-11H,3-8H2,1-2H3. The molecule has 0 aromatic heterocycles. The maximum atomic E-state index is 11.5. The van der Waals surface area contributed by atoms with Gasteiger partial charge in [-0.3, -0.25) is 9.69 Å². The minimum atomic E-state index is 0.209. The zero-order chi connectivity index (χ0) is 10.8. The lowest BCUT2D eigenvalue weighted by atomic mass is 9.90. The molecule has 3 nitrogen and oxygen atoms in total. The van der Waals surface area contributed by atoms with Crippen molar-refractivity contribution in [1.82, 2.24) is 4.90 Å². The summed E-state index contributed by atoms with van der Waals surface area (Å²) in [7, 11) is 0. The highest BCUT2D eigenvalue weighted by molar-refractivity contribution is 5.82. The van der Waals surface area contributed by atoms with Gasteiger partial charge >= 0.3 is 0 Å². The van der Waals surface area contributed by atoms with E-state index in [1.807, 2.05) is 0 Å². The molecule has 3 heteroatoms. The van der Waals surface area contributed by atoms with Gasteiger partial charge in [-0.2, -0.15) is 0 Å². The fourth-order valence-corrected chi connectivity index (χ4v) is 2.59. The fraction of sp³-hybridized carbons (Fsp3) is 0.917. The summed E-state index contributed by atoms with van der Waals surface area (Å²) in [5.74, 6) is 1.33. The minimum absolute atomic E-state index is 0.209. The van der Waals surface area contributed by atoms with Gasteiger partial charge in [0.15, 0.2) is 0 Å². The Bertz CT molecular complexity index is 236. The van der Waals surface area contributed by atoms with Crippen molar-refractivity contribution in [3.8, 4) is 0 Å². The summed E-state index contributed by atoms with van der Waals surface area (Å²) in [5.41, 5.74) is 0. The number of nitrogens with zero attached hydrogens (tertiary/aromatic N) is 1. The molecule has 2 rings (SSSR count). The lowest BCUT2D eigenvalue weighted by Gasteiger charge is -2.38. The monoisotopic (exact) mass is 211 g/mol. The second kappa shape index (κ2) is 4.62. The summed E-state index contributed by atoms with van der Waals surface area (Å²) in [6, 6.07) is 0.409. The number of ketones is 1. The van der Waals surface area contributed by atoms with Crippen LogP contribution >= 0.6 is 0 Å². The lowest BCUT2D eigenvalue weighted by Crippen LogP contribution is -2.48. The highest BCUT2D eigenvalue weighted by atomic mass is 16.5. The Balaban J connectivity index is 1.88. The summed E-state index contributed by atoms with van der Waals surface area (Å²) >= 11 is 0. The molecule has 0 amide bonds. The van der Waals surface area contributed by atoms with Gasteiger partial charge < -0.3 is 4.74 Å². The molecular weight excluding hydrogens is 190 g/mol. The van der Waals surface area contributed by atoms with Gasteiger partial charge in [0.1, 0.15) is 5.78 Å². The second-order valence-electron chi connectivity index (χ2n) is 4.97. The minimum Gasteiger partial charge on any atom is -0.381 e. The van der Waals surface area contributed by atoms with Gasteiger partial charge in [-0.25, -0.2) is 0 Å². The Labute approximate surface area is 91.8 Å². The van der Waals surface area contributed by atoms with Crippen LogP contribution < -0.4 is 0 Å². The Morgan fingerprint density at radius 2 is 2.27 bits per heavy atom. The van der Waals surface area contributed by atoms with E-state index in [0.29, 0.717) is 17.7 Å². The van der Waals surface area contributed by atoms with Crippen LogP contribution in [-0.4, -0.2) is 43.0 Å². The van der Waals surface area contributed by atoms with Crippen LogP contribution in [0.3, 0.4) is 0 Å². The highest BCUT2D eigenvalue weighted by Gasteiger charge is 2.32. The molecule has 2 aliphatic rings. The van der Waals surface area contributed by atoms with Gasteiger partial charge in [-0.15, -0.1) is 0 Å². The molecule has 3 atom stereocenters. The van der Waals surface area contributed by atoms with E-state index in [4.69, 9.17) is 4.74 Å². The average molecular weight is 211 g/mol. The predicted molar refractivity (Wildman–Crippen MR) is 58.7 cm³/mol. The topological polar surface area (TPSA) is 29.5 Å². The molecule has 0 bridgehead atoms. The van der Waals surface area contributed by atoms with E-state index in [1.54, 1.807) is 0 Å². The molecule has 0 aromatic rings. The van der Waals surface area contributed by atoms with Gasteiger partial charge in [0, 0.05) is 38.1 Å². The van der Waals surface area contributed by atoms with E-state index in [1.165, 1.54) is 6.42 Å². The van der Waals surface area contributed by atoms with Crippen LogP contribution in [0.25, 0.3) is 0 Å². The van der Waals surface area contributed by atoms with Crippen LogP contribution in [0.4, 0.5) is 0 Å². The van der Waals surface area contributed by atoms with Crippen LogP contribution in [-0.2, 0) is 9.53 Å². The Kier molecular flexibility index (Phi) is 3.42. The van der Waals surface area contributed by atoms with E-state index in [9.17, 15) is 4.79 Å². The van der Waals surface area contributed by atoms with Crippen molar-refractivity contribution in [1.29, 1.82) is 0 Å². The third-order valence-electron chi connectivity index (χ3n) is 3.97. The molecule has 2 aliphatic heterocycles. The van der Waals surface area contributed by atoms with Gasteiger partial charge in [-0.05, 0) is 19.3 Å². The molecule has 0 aliphatic carbocycles. The molecule has 15 heavy (non-hydrogen) atoms. The first-order valence-electron chi connectivity index (χ1n) is 6.03. The van der Waals surface area contributed by atoms with Gasteiger partial charge in [0.2, 0.25) is 0 Å². The number of Topliss-reactive ketones (excluding diaryl/α,β-unsaturated/α-hetero) is 1. The third-order valence-corrected chi connectivity index (χ3v) is 3.97. The van der Waals surface area contributed by atoms with Crippen LogP contribution in [0.15, 0.2) is 0 Å². The molecule has 0 N–H and O–H groups in total. The molecule has 0 saturated carbocycles. The summed E-state index contributed by atoms with van der Waals surface area (Å²) < 4.78 is 5.39. The molecule has 3 unspecified atom stereocenters. The van der Waals surface area contributed by atoms with Crippen molar-refractivity contribution in [2.24, 2.45) is 11.8 Å². The third kappa shape index (κ3) is 2.40. The average Bonchev–Trinajstić information content (AvgIpc) is 2.72. The highest BCUT2D eigenvalue weighted by Crippen LogP contribution is 2.23. The maximum absolute atomic E-state index is 11.5. The van der Waals surface area contributed by atoms with Gasteiger partial charge in [0.25, 0.3) is 0 Å². The van der Waals surface area contributed by atoms with Crippen LogP contribution in [0.5, 0.6) is 0 Å². The van der Waals surface area contributed by atoms with Crippen molar-refractivity contribution in [2.45, 2.75) is 32.7 Å². The van der Waals surface area contributed by atoms with E-state index >= 15 is 0 Å². The second-order valence-corrected chi connectivity index (χ2v) is 4.97.